The van der Waals surface area contributed by atoms with E-state index in [0.717, 1.165) is 73.2 Å². The molecule has 2 nitrogen and oxygen atoms in total. The standard InChI is InChI=1S/C67H45NO/c1-4-23-45(24-5-1)49-30-12-14-34-53(49)59-44-58-51-32-11-10-29-48(51)43-60(58)67(66(59)55-36-15-13-31-50(55)46-25-6-2-7-26-46)68(61-39-19-16-33-52(61)47-27-8-3-9-28-47)62-40-20-17-35-54(62)56-38-22-42-64-65(56)57-37-18-21-41-63(57)69-64/h1-42,44H,43H2. The van der Waals surface area contributed by atoms with Gasteiger partial charge in [0, 0.05) is 33.9 Å². The van der Waals surface area contributed by atoms with Crippen molar-refractivity contribution in [3.05, 3.63) is 272 Å². The third-order valence-electron chi connectivity index (χ3n) is 14.0. The molecule has 0 amide bonds. The minimum Gasteiger partial charge on any atom is -0.456 e. The summed E-state index contributed by atoms with van der Waals surface area (Å²) in [6.45, 7) is 0. The molecule has 1 heterocycles. The van der Waals surface area contributed by atoms with Crippen molar-refractivity contribution in [2.75, 3.05) is 4.90 Å². The van der Waals surface area contributed by atoms with Crippen LogP contribution in [0.5, 0.6) is 0 Å². The molecular weight excluding hydrogens is 835 g/mol. The van der Waals surface area contributed by atoms with E-state index >= 15 is 0 Å². The molecule has 69 heavy (non-hydrogen) atoms. The topological polar surface area (TPSA) is 16.4 Å². The minimum absolute atomic E-state index is 0.774. The van der Waals surface area contributed by atoms with Crippen molar-refractivity contribution in [1.29, 1.82) is 0 Å². The third kappa shape index (κ3) is 6.88. The second-order valence-electron chi connectivity index (χ2n) is 17.8. The fourth-order valence-electron chi connectivity index (χ4n) is 10.9. The average Bonchev–Trinajstić information content (AvgIpc) is 4.01. The highest BCUT2D eigenvalue weighted by Gasteiger charge is 2.34. The smallest absolute Gasteiger partial charge is 0.136 e. The molecular formula is C67H45NO. The summed E-state index contributed by atoms with van der Waals surface area (Å²) >= 11 is 0. The summed E-state index contributed by atoms with van der Waals surface area (Å²) in [5, 5.41) is 2.21. The first-order valence-electron chi connectivity index (χ1n) is 23.8. The van der Waals surface area contributed by atoms with E-state index in [1.54, 1.807) is 0 Å². The van der Waals surface area contributed by atoms with E-state index in [4.69, 9.17) is 4.42 Å². The molecule has 0 aliphatic heterocycles. The zero-order chi connectivity index (χ0) is 45.7. The molecule has 0 bridgehead atoms. The van der Waals surface area contributed by atoms with Crippen molar-refractivity contribution in [3.63, 3.8) is 0 Å². The Labute approximate surface area is 402 Å². The summed E-state index contributed by atoms with van der Waals surface area (Å²) in [6, 6.07) is 95.0. The fourth-order valence-corrected chi connectivity index (χ4v) is 10.9. The van der Waals surface area contributed by atoms with Crippen molar-refractivity contribution in [1.82, 2.24) is 0 Å². The van der Waals surface area contributed by atoms with Gasteiger partial charge >= 0.3 is 0 Å². The van der Waals surface area contributed by atoms with Crippen LogP contribution in [0.3, 0.4) is 0 Å². The number of nitrogens with zero attached hydrogens (tertiary/aromatic N) is 1. The zero-order valence-electron chi connectivity index (χ0n) is 37.9. The van der Waals surface area contributed by atoms with E-state index in [9.17, 15) is 0 Å². The molecule has 324 valence electrons. The Kier molecular flexibility index (Phi) is 9.95. The van der Waals surface area contributed by atoms with Crippen LogP contribution in [0.4, 0.5) is 17.1 Å². The average molecular weight is 880 g/mol. The van der Waals surface area contributed by atoms with Crippen molar-refractivity contribution in [2.45, 2.75) is 6.42 Å². The molecule has 1 aliphatic rings. The lowest BCUT2D eigenvalue weighted by Gasteiger charge is -2.35. The normalized spacial score (nSPS) is 11.7. The Hall–Kier alpha value is -8.98. The first-order valence-corrected chi connectivity index (χ1v) is 23.8. The van der Waals surface area contributed by atoms with Crippen molar-refractivity contribution in [3.8, 4) is 77.9 Å². The molecule has 0 unspecified atom stereocenters. The molecule has 2 heteroatoms. The van der Waals surface area contributed by atoms with Crippen LogP contribution in [0, 0.1) is 0 Å². The van der Waals surface area contributed by atoms with Crippen LogP contribution >= 0.6 is 0 Å². The quantitative estimate of drug-likeness (QED) is 0.144. The Morgan fingerprint density at radius 2 is 0.768 bits per heavy atom. The first kappa shape index (κ1) is 40.3. The van der Waals surface area contributed by atoms with Gasteiger partial charge in [-0.05, 0) is 103 Å². The highest BCUT2D eigenvalue weighted by molar-refractivity contribution is 6.15. The van der Waals surface area contributed by atoms with Crippen molar-refractivity contribution < 1.29 is 4.42 Å². The highest BCUT2D eigenvalue weighted by atomic mass is 16.3. The Bertz CT molecular complexity index is 3870. The molecule has 0 radical (unpaired) electrons. The predicted octanol–water partition coefficient (Wildman–Crippen LogP) is 18.6. The summed E-state index contributed by atoms with van der Waals surface area (Å²) in [5.74, 6) is 0. The summed E-state index contributed by atoms with van der Waals surface area (Å²) < 4.78 is 6.59. The van der Waals surface area contributed by atoms with E-state index in [1.807, 2.05) is 0 Å². The Morgan fingerprint density at radius 3 is 1.45 bits per heavy atom. The molecule has 0 spiro atoms. The second kappa shape index (κ2) is 17.0. The zero-order valence-corrected chi connectivity index (χ0v) is 37.9. The molecule has 12 aromatic rings. The van der Waals surface area contributed by atoms with Crippen LogP contribution in [0.2, 0.25) is 0 Å². The molecule has 1 aromatic heterocycles. The van der Waals surface area contributed by atoms with Crippen LogP contribution in [-0.2, 0) is 6.42 Å². The summed E-state index contributed by atoms with van der Waals surface area (Å²) in [6.07, 6.45) is 0.774. The number of rotatable bonds is 9. The SMILES string of the molecule is c1ccc(-c2ccccc2-c2cc3c(c(N(c4ccccc4-c4ccccc4)c4ccccc4-c4cccc5oc6ccccc6c45)c2-c2ccccc2-c2ccccc2)Cc2ccccc2-3)cc1. The van der Waals surface area contributed by atoms with Gasteiger partial charge in [0.1, 0.15) is 11.2 Å². The van der Waals surface area contributed by atoms with Gasteiger partial charge in [0.05, 0.1) is 17.1 Å². The van der Waals surface area contributed by atoms with Crippen molar-refractivity contribution >= 4 is 39.0 Å². The largest absolute Gasteiger partial charge is 0.456 e. The van der Waals surface area contributed by atoms with Gasteiger partial charge in [-0.3, -0.25) is 0 Å². The maximum Gasteiger partial charge on any atom is 0.136 e. The summed E-state index contributed by atoms with van der Waals surface area (Å²) in [4.78, 5) is 2.62. The molecule has 1 aliphatic carbocycles. The number of fused-ring (bicyclic) bond motifs is 6. The monoisotopic (exact) mass is 879 g/mol. The lowest BCUT2D eigenvalue weighted by molar-refractivity contribution is 0.669. The van der Waals surface area contributed by atoms with Crippen LogP contribution in [0.15, 0.2) is 265 Å². The summed E-state index contributed by atoms with van der Waals surface area (Å²) in [7, 11) is 0. The minimum atomic E-state index is 0.774. The number of furan rings is 1. The van der Waals surface area contributed by atoms with Crippen LogP contribution in [-0.4, -0.2) is 0 Å². The molecule has 0 N–H and O–H groups in total. The summed E-state index contributed by atoms with van der Waals surface area (Å²) in [5.41, 5.74) is 24.1. The van der Waals surface area contributed by atoms with Gasteiger partial charge in [-0.25, -0.2) is 0 Å². The Balaban J connectivity index is 1.23. The molecule has 0 saturated heterocycles. The number of hydrogen-bond donors (Lipinski definition) is 0. The van der Waals surface area contributed by atoms with Crippen LogP contribution in [0.25, 0.3) is 99.8 Å². The first-order chi connectivity index (χ1) is 34.3. The van der Waals surface area contributed by atoms with E-state index in [-0.39, 0.29) is 0 Å². The Morgan fingerprint density at radius 1 is 0.304 bits per heavy atom. The molecule has 0 saturated carbocycles. The molecule has 11 aromatic carbocycles. The lowest BCUT2D eigenvalue weighted by Crippen LogP contribution is -2.16. The van der Waals surface area contributed by atoms with Crippen LogP contribution in [0.1, 0.15) is 11.1 Å². The molecule has 0 atom stereocenters. The fraction of sp³-hybridized carbons (Fsp3) is 0.0149. The maximum atomic E-state index is 6.59. The van der Waals surface area contributed by atoms with Gasteiger partial charge in [-0.1, -0.05) is 231 Å². The van der Waals surface area contributed by atoms with Gasteiger partial charge in [0.15, 0.2) is 0 Å². The predicted molar refractivity (Wildman–Crippen MR) is 289 cm³/mol. The van der Waals surface area contributed by atoms with Gasteiger partial charge in [-0.2, -0.15) is 0 Å². The second-order valence-corrected chi connectivity index (χ2v) is 17.8. The number of benzene rings is 11. The molecule has 13 rings (SSSR count). The number of para-hydroxylation sites is 3. The molecule has 0 fully saturated rings. The van der Waals surface area contributed by atoms with Gasteiger partial charge < -0.3 is 9.32 Å². The van der Waals surface area contributed by atoms with Crippen LogP contribution < -0.4 is 4.90 Å². The maximum absolute atomic E-state index is 6.59. The lowest BCUT2D eigenvalue weighted by atomic mass is 9.82. The van der Waals surface area contributed by atoms with Gasteiger partial charge in [0.2, 0.25) is 0 Å². The van der Waals surface area contributed by atoms with E-state index in [1.165, 1.54) is 61.2 Å². The van der Waals surface area contributed by atoms with E-state index < -0.39 is 0 Å². The highest BCUT2D eigenvalue weighted by Crippen LogP contribution is 2.58. The van der Waals surface area contributed by atoms with E-state index in [0.29, 0.717) is 0 Å². The third-order valence-corrected chi connectivity index (χ3v) is 14.0. The number of anilines is 3. The van der Waals surface area contributed by atoms with E-state index in [2.05, 4.69) is 266 Å². The van der Waals surface area contributed by atoms with Crippen molar-refractivity contribution in [2.24, 2.45) is 0 Å². The van der Waals surface area contributed by atoms with Gasteiger partial charge in [0.25, 0.3) is 0 Å². The number of hydrogen-bond acceptors (Lipinski definition) is 2. The van der Waals surface area contributed by atoms with Gasteiger partial charge in [-0.15, -0.1) is 0 Å².